The van der Waals surface area contributed by atoms with Gasteiger partial charge in [-0.25, -0.2) is 0 Å². The molecule has 0 N–H and O–H groups in total. The molecule has 0 aromatic heterocycles. The molecule has 132 valence electrons. The Bertz CT molecular complexity index is 546. The highest BCUT2D eigenvalue weighted by atomic mass is 16.5. The second kappa shape index (κ2) is 7.99. The summed E-state index contributed by atoms with van der Waals surface area (Å²) in [5.74, 6) is 0.893. The van der Waals surface area contributed by atoms with Gasteiger partial charge in [0.2, 0.25) is 0 Å². The predicted octanol–water partition coefficient (Wildman–Crippen LogP) is 2.41. The number of ether oxygens (including phenoxy) is 2. The van der Waals surface area contributed by atoms with E-state index >= 15 is 0 Å². The van der Waals surface area contributed by atoms with Crippen molar-refractivity contribution in [3.8, 4) is 5.75 Å². The first kappa shape index (κ1) is 17.2. The quantitative estimate of drug-likeness (QED) is 0.849. The first-order valence-corrected chi connectivity index (χ1v) is 8.97. The minimum atomic E-state index is 0.116. The second-order valence-corrected chi connectivity index (χ2v) is 6.82. The van der Waals surface area contributed by atoms with Gasteiger partial charge < -0.3 is 14.4 Å². The molecule has 0 aliphatic carbocycles. The fourth-order valence-electron chi connectivity index (χ4n) is 3.58. The van der Waals surface area contributed by atoms with Crippen LogP contribution in [0.25, 0.3) is 0 Å². The summed E-state index contributed by atoms with van der Waals surface area (Å²) in [6.45, 7) is 6.72. The Morgan fingerprint density at radius 1 is 1.17 bits per heavy atom. The maximum absolute atomic E-state index is 12.7. The minimum absolute atomic E-state index is 0.116. The van der Waals surface area contributed by atoms with Crippen LogP contribution in [0, 0.1) is 0 Å². The molecular weight excluding hydrogens is 304 g/mol. The zero-order valence-electron chi connectivity index (χ0n) is 14.7. The molecule has 1 amide bonds. The summed E-state index contributed by atoms with van der Waals surface area (Å²) in [4.78, 5) is 17.1. The van der Waals surface area contributed by atoms with Gasteiger partial charge in [0, 0.05) is 31.7 Å². The molecule has 0 unspecified atom stereocenters. The van der Waals surface area contributed by atoms with Crippen LogP contribution in [-0.2, 0) is 4.74 Å². The molecule has 0 radical (unpaired) electrons. The summed E-state index contributed by atoms with van der Waals surface area (Å²) >= 11 is 0. The Kier molecular flexibility index (Phi) is 5.74. The third kappa shape index (κ3) is 4.28. The summed E-state index contributed by atoms with van der Waals surface area (Å²) < 4.78 is 11.1. The summed E-state index contributed by atoms with van der Waals surface area (Å²) in [5.41, 5.74) is 0.734. The zero-order chi connectivity index (χ0) is 16.9. The van der Waals surface area contributed by atoms with Crippen LogP contribution >= 0.6 is 0 Å². The van der Waals surface area contributed by atoms with Crippen LogP contribution in [0.2, 0.25) is 0 Å². The van der Waals surface area contributed by atoms with Gasteiger partial charge in [0.1, 0.15) is 5.75 Å². The van der Waals surface area contributed by atoms with E-state index in [-0.39, 0.29) is 5.91 Å². The molecule has 1 aromatic carbocycles. The minimum Gasteiger partial charge on any atom is -0.497 e. The van der Waals surface area contributed by atoms with Crippen molar-refractivity contribution in [1.29, 1.82) is 0 Å². The van der Waals surface area contributed by atoms with E-state index in [1.165, 1.54) is 6.42 Å². The average molecular weight is 332 g/mol. The Morgan fingerprint density at radius 3 is 2.62 bits per heavy atom. The number of hydrogen-bond donors (Lipinski definition) is 0. The van der Waals surface area contributed by atoms with Crippen LogP contribution in [0.3, 0.4) is 0 Å². The lowest BCUT2D eigenvalue weighted by Crippen LogP contribution is -2.37. The number of nitrogens with zero attached hydrogens (tertiary/aromatic N) is 2. The standard InChI is InChI=1S/C19H28N2O3/c1-15-4-7-18(24-15)14-20-10-3-11-21(13-12-20)19(22)16-5-8-17(23-2)9-6-16/h5-6,8-9,15,18H,3-4,7,10-14H2,1-2H3/t15-,18+/m0/s1. The molecule has 24 heavy (non-hydrogen) atoms. The number of benzene rings is 1. The number of methoxy groups -OCH3 is 1. The largest absolute Gasteiger partial charge is 0.497 e. The van der Waals surface area contributed by atoms with Gasteiger partial charge in [-0.05, 0) is 57.0 Å². The molecule has 2 aliphatic rings. The zero-order valence-corrected chi connectivity index (χ0v) is 14.7. The van der Waals surface area contributed by atoms with E-state index in [0.29, 0.717) is 12.2 Å². The lowest BCUT2D eigenvalue weighted by atomic mass is 10.2. The normalized spacial score (nSPS) is 25.5. The van der Waals surface area contributed by atoms with Gasteiger partial charge in [-0.1, -0.05) is 0 Å². The Morgan fingerprint density at radius 2 is 1.96 bits per heavy atom. The molecule has 2 saturated heterocycles. The van der Waals surface area contributed by atoms with E-state index in [9.17, 15) is 4.79 Å². The number of carbonyl (C=O) groups excluding carboxylic acids is 1. The van der Waals surface area contributed by atoms with E-state index in [1.54, 1.807) is 7.11 Å². The Labute approximate surface area is 144 Å². The van der Waals surface area contributed by atoms with Crippen molar-refractivity contribution in [2.75, 3.05) is 39.8 Å². The molecule has 2 aliphatic heterocycles. The number of amides is 1. The van der Waals surface area contributed by atoms with Crippen molar-refractivity contribution in [2.45, 2.75) is 38.4 Å². The first-order chi connectivity index (χ1) is 11.7. The van der Waals surface area contributed by atoms with Crippen LogP contribution in [0.15, 0.2) is 24.3 Å². The topological polar surface area (TPSA) is 42.0 Å². The Balaban J connectivity index is 1.53. The van der Waals surface area contributed by atoms with Crippen molar-refractivity contribution < 1.29 is 14.3 Å². The monoisotopic (exact) mass is 332 g/mol. The molecule has 5 nitrogen and oxygen atoms in total. The van der Waals surface area contributed by atoms with E-state index < -0.39 is 0 Å². The molecule has 3 rings (SSSR count). The maximum atomic E-state index is 12.7. The molecule has 1 aromatic rings. The SMILES string of the molecule is COc1ccc(C(=O)N2CCCN(C[C@H]3CC[C@H](C)O3)CC2)cc1. The van der Waals surface area contributed by atoms with E-state index in [2.05, 4.69) is 11.8 Å². The predicted molar refractivity (Wildman–Crippen MR) is 93.5 cm³/mol. The lowest BCUT2D eigenvalue weighted by Gasteiger charge is -2.24. The van der Waals surface area contributed by atoms with Crippen LogP contribution < -0.4 is 4.74 Å². The van der Waals surface area contributed by atoms with Gasteiger partial charge >= 0.3 is 0 Å². The van der Waals surface area contributed by atoms with Gasteiger partial charge in [-0.15, -0.1) is 0 Å². The number of hydrogen-bond acceptors (Lipinski definition) is 4. The summed E-state index contributed by atoms with van der Waals surface area (Å²) in [6.07, 6.45) is 4.11. The van der Waals surface area contributed by atoms with Crippen LogP contribution in [0.4, 0.5) is 0 Å². The maximum Gasteiger partial charge on any atom is 0.253 e. The van der Waals surface area contributed by atoms with Gasteiger partial charge in [-0.2, -0.15) is 0 Å². The fourth-order valence-corrected chi connectivity index (χ4v) is 3.58. The molecule has 0 spiro atoms. The molecular formula is C19H28N2O3. The van der Waals surface area contributed by atoms with Crippen molar-refractivity contribution in [3.63, 3.8) is 0 Å². The third-order valence-corrected chi connectivity index (χ3v) is 4.99. The molecule has 5 heteroatoms. The van der Waals surface area contributed by atoms with Gasteiger partial charge in [0.15, 0.2) is 0 Å². The summed E-state index contributed by atoms with van der Waals surface area (Å²) in [6, 6.07) is 7.38. The first-order valence-electron chi connectivity index (χ1n) is 8.97. The van der Waals surface area contributed by atoms with Crippen LogP contribution in [0.5, 0.6) is 5.75 Å². The highest BCUT2D eigenvalue weighted by Crippen LogP contribution is 2.21. The third-order valence-electron chi connectivity index (χ3n) is 4.99. The van der Waals surface area contributed by atoms with E-state index in [0.717, 1.165) is 56.9 Å². The van der Waals surface area contributed by atoms with Crippen LogP contribution in [0.1, 0.15) is 36.5 Å². The van der Waals surface area contributed by atoms with Gasteiger partial charge in [0.25, 0.3) is 5.91 Å². The summed E-state index contributed by atoms with van der Waals surface area (Å²) in [5, 5.41) is 0. The summed E-state index contributed by atoms with van der Waals surface area (Å²) in [7, 11) is 1.63. The van der Waals surface area contributed by atoms with E-state index in [1.807, 2.05) is 29.2 Å². The van der Waals surface area contributed by atoms with Crippen molar-refractivity contribution in [3.05, 3.63) is 29.8 Å². The highest BCUT2D eigenvalue weighted by molar-refractivity contribution is 5.94. The number of carbonyl (C=O) groups is 1. The van der Waals surface area contributed by atoms with Gasteiger partial charge in [-0.3, -0.25) is 9.69 Å². The smallest absolute Gasteiger partial charge is 0.253 e. The fraction of sp³-hybridized carbons (Fsp3) is 0.632. The van der Waals surface area contributed by atoms with Gasteiger partial charge in [0.05, 0.1) is 19.3 Å². The highest BCUT2D eigenvalue weighted by Gasteiger charge is 2.26. The Hall–Kier alpha value is -1.59. The molecule has 0 saturated carbocycles. The van der Waals surface area contributed by atoms with Crippen LogP contribution in [-0.4, -0.2) is 67.7 Å². The molecule has 0 bridgehead atoms. The molecule has 2 atom stereocenters. The second-order valence-electron chi connectivity index (χ2n) is 6.82. The molecule has 2 fully saturated rings. The average Bonchev–Trinajstić information content (AvgIpc) is 2.87. The number of rotatable bonds is 4. The lowest BCUT2D eigenvalue weighted by molar-refractivity contribution is 0.0322. The van der Waals surface area contributed by atoms with E-state index in [4.69, 9.17) is 9.47 Å². The van der Waals surface area contributed by atoms with Crippen molar-refractivity contribution in [2.24, 2.45) is 0 Å². The van der Waals surface area contributed by atoms with Crippen molar-refractivity contribution in [1.82, 2.24) is 9.80 Å². The van der Waals surface area contributed by atoms with Crippen molar-refractivity contribution >= 4 is 5.91 Å². The molecule has 2 heterocycles.